The van der Waals surface area contributed by atoms with Gasteiger partial charge in [0.2, 0.25) is 0 Å². The van der Waals surface area contributed by atoms with E-state index >= 15 is 0 Å². The third kappa shape index (κ3) is 3.58. The first kappa shape index (κ1) is 16.7. The largest absolute Gasteiger partial charge is 0.310 e. The molecule has 1 N–H and O–H groups in total. The Bertz CT molecular complexity index is 1040. The molecule has 4 aromatic rings. The van der Waals surface area contributed by atoms with E-state index in [1.807, 2.05) is 24.3 Å². The maximum absolute atomic E-state index is 4.79. The number of aromatic nitrogens is 1. The number of fused-ring (bicyclic) bond motifs is 1. The van der Waals surface area contributed by atoms with E-state index in [9.17, 15) is 0 Å². The Morgan fingerprint density at radius 2 is 1.46 bits per heavy atom. The minimum atomic E-state index is 0.867. The quantitative estimate of drug-likeness (QED) is 0.415. The predicted octanol–water partition coefficient (Wildman–Crippen LogP) is 6.64. The van der Waals surface area contributed by atoms with E-state index in [-0.39, 0.29) is 0 Å². The average Bonchev–Trinajstić information content (AvgIpc) is 2.66. The van der Waals surface area contributed by atoms with Crippen molar-refractivity contribution in [2.45, 2.75) is 18.7 Å². The molecule has 3 aromatic carbocycles. The number of pyridine rings is 1. The van der Waals surface area contributed by atoms with Crippen molar-refractivity contribution in [3.8, 4) is 11.1 Å². The fourth-order valence-corrected chi connectivity index (χ4v) is 3.82. The molecule has 0 aliphatic rings. The summed E-state index contributed by atoms with van der Waals surface area (Å²) in [7, 11) is 0. The molecule has 128 valence electrons. The van der Waals surface area contributed by atoms with Crippen LogP contribution >= 0.6 is 11.9 Å². The van der Waals surface area contributed by atoms with Gasteiger partial charge in [-0.25, -0.2) is 4.98 Å². The van der Waals surface area contributed by atoms with Crippen LogP contribution in [0.3, 0.4) is 0 Å². The third-order valence-electron chi connectivity index (χ3n) is 4.27. The van der Waals surface area contributed by atoms with E-state index in [1.165, 1.54) is 27.6 Å². The highest BCUT2D eigenvalue weighted by molar-refractivity contribution is 8.00. The molecule has 3 heteroatoms. The number of rotatable bonds is 4. The van der Waals surface area contributed by atoms with Crippen molar-refractivity contribution in [3.63, 3.8) is 0 Å². The molecule has 0 aliphatic heterocycles. The second kappa shape index (κ2) is 7.22. The highest BCUT2D eigenvalue weighted by Crippen LogP contribution is 2.32. The predicted molar refractivity (Wildman–Crippen MR) is 113 cm³/mol. The molecule has 0 amide bonds. The van der Waals surface area contributed by atoms with Gasteiger partial charge < -0.3 is 4.72 Å². The lowest BCUT2D eigenvalue weighted by atomic mass is 9.97. The maximum Gasteiger partial charge on any atom is 0.137 e. The second-order valence-corrected chi connectivity index (χ2v) is 7.35. The summed E-state index contributed by atoms with van der Waals surface area (Å²) in [5, 5.41) is 1.17. The highest BCUT2D eigenvalue weighted by Gasteiger charge is 2.09. The summed E-state index contributed by atoms with van der Waals surface area (Å²) < 4.78 is 3.40. The number of para-hydroxylation sites is 1. The Balaban J connectivity index is 1.78. The normalized spacial score (nSPS) is 10.8. The van der Waals surface area contributed by atoms with Gasteiger partial charge in [-0.05, 0) is 61.2 Å². The first-order valence-electron chi connectivity index (χ1n) is 8.65. The molecule has 0 saturated carbocycles. The molecule has 0 aliphatic carbocycles. The zero-order valence-corrected chi connectivity index (χ0v) is 15.7. The SMILES string of the molecule is Cc1cc(C)cc(-c2cc(NSc3ccccc3)nc3ccccc23)c1. The number of nitrogens with one attached hydrogen (secondary N) is 1. The van der Waals surface area contributed by atoms with Crippen LogP contribution in [0.2, 0.25) is 0 Å². The number of hydrogen-bond donors (Lipinski definition) is 1. The van der Waals surface area contributed by atoms with Crippen LogP contribution in [0.5, 0.6) is 0 Å². The molecule has 0 saturated heterocycles. The van der Waals surface area contributed by atoms with E-state index in [0.717, 1.165) is 16.2 Å². The zero-order valence-electron chi connectivity index (χ0n) is 14.9. The first-order valence-corrected chi connectivity index (χ1v) is 9.47. The summed E-state index contributed by atoms with van der Waals surface area (Å²) in [6.45, 7) is 4.29. The molecular weight excluding hydrogens is 336 g/mol. The summed E-state index contributed by atoms with van der Waals surface area (Å²) >= 11 is 1.58. The lowest BCUT2D eigenvalue weighted by Gasteiger charge is -2.12. The molecule has 4 rings (SSSR count). The van der Waals surface area contributed by atoms with Crippen LogP contribution in [0.1, 0.15) is 11.1 Å². The van der Waals surface area contributed by atoms with Crippen LogP contribution in [-0.4, -0.2) is 4.98 Å². The number of aryl methyl sites for hydroxylation is 2. The standard InChI is InChI=1S/C23H20N2S/c1-16-12-17(2)14-18(13-16)21-15-23(24-22-11-7-6-10-20(21)22)25-26-19-8-4-3-5-9-19/h3-15H,1-2H3,(H,24,25). The second-order valence-electron chi connectivity index (χ2n) is 6.47. The molecule has 0 radical (unpaired) electrons. The maximum atomic E-state index is 4.79. The molecule has 0 fully saturated rings. The monoisotopic (exact) mass is 356 g/mol. The molecule has 0 bridgehead atoms. The van der Waals surface area contributed by atoms with Gasteiger partial charge in [0.15, 0.2) is 0 Å². The summed E-state index contributed by atoms with van der Waals surface area (Å²) in [6, 6.07) is 27.4. The molecule has 0 unspecified atom stereocenters. The van der Waals surface area contributed by atoms with Crippen LogP contribution in [0.4, 0.5) is 5.82 Å². The molecule has 26 heavy (non-hydrogen) atoms. The van der Waals surface area contributed by atoms with E-state index in [4.69, 9.17) is 4.98 Å². The van der Waals surface area contributed by atoms with E-state index in [1.54, 1.807) is 11.9 Å². The molecular formula is C23H20N2S. The van der Waals surface area contributed by atoms with Crippen molar-refractivity contribution >= 4 is 28.7 Å². The van der Waals surface area contributed by atoms with E-state index in [0.29, 0.717) is 0 Å². The number of anilines is 1. The van der Waals surface area contributed by atoms with Crippen molar-refractivity contribution in [2.75, 3.05) is 4.72 Å². The molecule has 2 nitrogen and oxygen atoms in total. The van der Waals surface area contributed by atoms with Gasteiger partial charge in [0, 0.05) is 10.3 Å². The third-order valence-corrected chi connectivity index (χ3v) is 5.08. The van der Waals surface area contributed by atoms with Crippen LogP contribution in [0, 0.1) is 13.8 Å². The smallest absolute Gasteiger partial charge is 0.137 e. The van der Waals surface area contributed by atoms with Crippen molar-refractivity contribution in [3.05, 3.63) is 90.0 Å². The van der Waals surface area contributed by atoms with Crippen molar-refractivity contribution < 1.29 is 0 Å². The summed E-state index contributed by atoms with van der Waals surface area (Å²) in [5.41, 5.74) is 5.98. The number of benzene rings is 3. The average molecular weight is 356 g/mol. The summed E-state index contributed by atoms with van der Waals surface area (Å²) in [4.78, 5) is 5.95. The van der Waals surface area contributed by atoms with Gasteiger partial charge in [-0.2, -0.15) is 0 Å². The van der Waals surface area contributed by atoms with Crippen molar-refractivity contribution in [1.29, 1.82) is 0 Å². The molecule has 1 aromatic heterocycles. The van der Waals surface area contributed by atoms with Gasteiger partial charge in [0.25, 0.3) is 0 Å². The lowest BCUT2D eigenvalue weighted by molar-refractivity contribution is 1.37. The van der Waals surface area contributed by atoms with Crippen LogP contribution in [0.15, 0.2) is 83.8 Å². The fourth-order valence-electron chi connectivity index (χ4n) is 3.20. The molecule has 1 heterocycles. The Hall–Kier alpha value is -2.78. The van der Waals surface area contributed by atoms with Crippen LogP contribution in [-0.2, 0) is 0 Å². The van der Waals surface area contributed by atoms with Gasteiger partial charge >= 0.3 is 0 Å². The minimum absolute atomic E-state index is 0.867. The number of hydrogen-bond acceptors (Lipinski definition) is 3. The summed E-state index contributed by atoms with van der Waals surface area (Å²) in [5.74, 6) is 0.867. The summed E-state index contributed by atoms with van der Waals surface area (Å²) in [6.07, 6.45) is 0. The van der Waals surface area contributed by atoms with Gasteiger partial charge in [-0.3, -0.25) is 0 Å². The van der Waals surface area contributed by atoms with Crippen LogP contribution in [0.25, 0.3) is 22.0 Å². The minimum Gasteiger partial charge on any atom is -0.310 e. The Morgan fingerprint density at radius 3 is 2.23 bits per heavy atom. The molecule has 0 atom stereocenters. The van der Waals surface area contributed by atoms with Crippen molar-refractivity contribution in [1.82, 2.24) is 4.98 Å². The van der Waals surface area contributed by atoms with Crippen molar-refractivity contribution in [2.24, 2.45) is 0 Å². The lowest BCUT2D eigenvalue weighted by Crippen LogP contribution is -1.94. The van der Waals surface area contributed by atoms with Gasteiger partial charge in [0.1, 0.15) is 5.82 Å². The fraction of sp³-hybridized carbons (Fsp3) is 0.0870. The number of nitrogens with zero attached hydrogens (tertiary/aromatic N) is 1. The van der Waals surface area contributed by atoms with E-state index in [2.05, 4.69) is 73.2 Å². The zero-order chi connectivity index (χ0) is 17.9. The highest BCUT2D eigenvalue weighted by atomic mass is 32.2. The van der Waals surface area contributed by atoms with E-state index < -0.39 is 0 Å². The Morgan fingerprint density at radius 1 is 0.769 bits per heavy atom. The van der Waals surface area contributed by atoms with Crippen LogP contribution < -0.4 is 4.72 Å². The first-order chi connectivity index (χ1) is 12.7. The Labute approximate surface area is 158 Å². The molecule has 0 spiro atoms. The van der Waals surface area contributed by atoms with Gasteiger partial charge in [-0.1, -0.05) is 65.7 Å². The topological polar surface area (TPSA) is 24.9 Å². The van der Waals surface area contributed by atoms with Gasteiger partial charge in [-0.15, -0.1) is 0 Å². The van der Waals surface area contributed by atoms with Gasteiger partial charge in [0.05, 0.1) is 5.52 Å². The Kier molecular flexibility index (Phi) is 4.63.